The van der Waals surface area contributed by atoms with Gasteiger partial charge in [-0.1, -0.05) is 5.92 Å². The molecule has 1 aromatic rings. The van der Waals surface area contributed by atoms with Crippen LogP contribution in [0.2, 0.25) is 0 Å². The monoisotopic (exact) mass is 255 g/mol. The van der Waals surface area contributed by atoms with Crippen molar-refractivity contribution in [1.82, 2.24) is 0 Å². The number of hydrogen-bond acceptors (Lipinski definition) is 2. The van der Waals surface area contributed by atoms with Crippen molar-refractivity contribution in [2.75, 3.05) is 11.5 Å². The number of rotatable bonds is 2. The first-order chi connectivity index (χ1) is 6.24. The minimum atomic E-state index is 0.776. The molecule has 0 amide bonds. The fraction of sp³-hybridized carbons (Fsp3) is 0.200. The Morgan fingerprint density at radius 2 is 2.31 bits per heavy atom. The van der Waals surface area contributed by atoms with Crippen molar-refractivity contribution >= 4 is 33.4 Å². The molecule has 0 aromatic heterocycles. The maximum atomic E-state index is 5.62. The van der Waals surface area contributed by atoms with Crippen LogP contribution >= 0.6 is 27.7 Å². The Balaban J connectivity index is 2.70. The van der Waals surface area contributed by atoms with E-state index in [1.807, 2.05) is 25.1 Å². The molecule has 0 atom stereocenters. The van der Waals surface area contributed by atoms with Crippen molar-refractivity contribution in [3.63, 3.8) is 0 Å². The maximum Gasteiger partial charge on any atom is 0.0595 e. The molecule has 0 bridgehead atoms. The SMILES string of the molecule is CC#CCSc1ccc(N)cc1Br. The second kappa shape index (κ2) is 5.21. The standard InChI is InChI=1S/C10H10BrNS/c1-2-3-6-13-10-5-4-8(12)7-9(10)11/h4-5,7H,6,12H2,1H3. The van der Waals surface area contributed by atoms with E-state index in [2.05, 4.69) is 27.8 Å². The summed E-state index contributed by atoms with van der Waals surface area (Å²) in [6.45, 7) is 1.85. The first-order valence-electron chi connectivity index (χ1n) is 3.81. The number of nitrogens with two attached hydrogens (primary N) is 1. The molecule has 0 spiro atoms. The molecule has 0 heterocycles. The Bertz CT molecular complexity index is 352. The fourth-order valence-corrected chi connectivity index (χ4v) is 2.29. The zero-order valence-electron chi connectivity index (χ0n) is 7.30. The number of halogens is 1. The third-order valence-electron chi connectivity index (χ3n) is 1.43. The van der Waals surface area contributed by atoms with Crippen molar-refractivity contribution in [2.45, 2.75) is 11.8 Å². The molecule has 3 heteroatoms. The first-order valence-corrected chi connectivity index (χ1v) is 5.59. The summed E-state index contributed by atoms with van der Waals surface area (Å²) in [6, 6.07) is 5.80. The van der Waals surface area contributed by atoms with E-state index in [9.17, 15) is 0 Å². The lowest BCUT2D eigenvalue weighted by Gasteiger charge is -2.01. The number of benzene rings is 1. The third-order valence-corrected chi connectivity index (χ3v) is 3.31. The van der Waals surface area contributed by atoms with Crippen LogP contribution < -0.4 is 5.73 Å². The van der Waals surface area contributed by atoms with Crippen LogP contribution in [0.15, 0.2) is 27.6 Å². The van der Waals surface area contributed by atoms with E-state index in [4.69, 9.17) is 5.73 Å². The minimum Gasteiger partial charge on any atom is -0.399 e. The Labute approximate surface area is 91.2 Å². The molecule has 0 fully saturated rings. The highest BCUT2D eigenvalue weighted by molar-refractivity contribution is 9.10. The van der Waals surface area contributed by atoms with Gasteiger partial charge in [0.05, 0.1) is 5.75 Å². The van der Waals surface area contributed by atoms with Gasteiger partial charge in [0.25, 0.3) is 0 Å². The highest BCUT2D eigenvalue weighted by Crippen LogP contribution is 2.28. The van der Waals surface area contributed by atoms with Crippen LogP contribution in [0.25, 0.3) is 0 Å². The Morgan fingerprint density at radius 1 is 1.54 bits per heavy atom. The van der Waals surface area contributed by atoms with E-state index < -0.39 is 0 Å². The maximum absolute atomic E-state index is 5.62. The van der Waals surface area contributed by atoms with Gasteiger partial charge >= 0.3 is 0 Å². The van der Waals surface area contributed by atoms with E-state index in [1.54, 1.807) is 11.8 Å². The van der Waals surface area contributed by atoms with Crippen LogP contribution in [0, 0.1) is 11.8 Å². The molecular formula is C10H10BrNS. The largest absolute Gasteiger partial charge is 0.399 e. The summed E-state index contributed by atoms with van der Waals surface area (Å²) in [5.74, 6) is 6.68. The van der Waals surface area contributed by atoms with Gasteiger partial charge in [0.15, 0.2) is 0 Å². The molecular weight excluding hydrogens is 246 g/mol. The summed E-state index contributed by atoms with van der Waals surface area (Å²) in [5.41, 5.74) is 6.39. The summed E-state index contributed by atoms with van der Waals surface area (Å²) in [5, 5.41) is 0. The molecule has 1 rings (SSSR count). The van der Waals surface area contributed by atoms with Gasteiger partial charge in [-0.3, -0.25) is 0 Å². The highest BCUT2D eigenvalue weighted by atomic mass is 79.9. The van der Waals surface area contributed by atoms with Gasteiger partial charge in [-0.05, 0) is 41.1 Å². The molecule has 0 aliphatic carbocycles. The molecule has 1 aromatic carbocycles. The van der Waals surface area contributed by atoms with Gasteiger partial charge in [-0.25, -0.2) is 0 Å². The van der Waals surface area contributed by atoms with Crippen LogP contribution in [0.4, 0.5) is 5.69 Å². The van der Waals surface area contributed by atoms with Crippen LogP contribution in [-0.4, -0.2) is 5.75 Å². The molecule has 0 radical (unpaired) electrons. The van der Waals surface area contributed by atoms with Crippen molar-refractivity contribution in [3.8, 4) is 11.8 Å². The number of nitrogen functional groups attached to an aromatic ring is 1. The lowest BCUT2D eigenvalue weighted by atomic mass is 10.3. The molecule has 68 valence electrons. The molecule has 0 aliphatic rings. The lowest BCUT2D eigenvalue weighted by molar-refractivity contribution is 1.41. The Kier molecular flexibility index (Phi) is 4.20. The average molecular weight is 256 g/mol. The molecule has 0 saturated carbocycles. The van der Waals surface area contributed by atoms with Gasteiger partial charge in [-0.2, -0.15) is 0 Å². The van der Waals surface area contributed by atoms with E-state index in [-0.39, 0.29) is 0 Å². The summed E-state index contributed by atoms with van der Waals surface area (Å²) < 4.78 is 1.04. The van der Waals surface area contributed by atoms with E-state index in [0.717, 1.165) is 15.9 Å². The predicted molar refractivity (Wildman–Crippen MR) is 62.7 cm³/mol. The minimum absolute atomic E-state index is 0.776. The second-order valence-electron chi connectivity index (χ2n) is 2.41. The highest BCUT2D eigenvalue weighted by Gasteiger charge is 1.98. The Hall–Kier alpha value is -0.590. The number of hydrogen-bond donors (Lipinski definition) is 1. The normalized spacial score (nSPS) is 9.08. The smallest absolute Gasteiger partial charge is 0.0595 e. The quantitative estimate of drug-likeness (QED) is 0.499. The van der Waals surface area contributed by atoms with Crippen LogP contribution in [0.3, 0.4) is 0 Å². The van der Waals surface area contributed by atoms with Crippen molar-refractivity contribution in [1.29, 1.82) is 0 Å². The van der Waals surface area contributed by atoms with Crippen LogP contribution in [0.5, 0.6) is 0 Å². The molecule has 0 aliphatic heterocycles. The summed E-state index contributed by atoms with van der Waals surface area (Å²) in [4.78, 5) is 1.18. The fourth-order valence-electron chi connectivity index (χ4n) is 0.820. The lowest BCUT2D eigenvalue weighted by Crippen LogP contribution is -1.85. The van der Waals surface area contributed by atoms with Crippen molar-refractivity contribution in [2.24, 2.45) is 0 Å². The van der Waals surface area contributed by atoms with Crippen LogP contribution in [0.1, 0.15) is 6.92 Å². The molecule has 0 saturated heterocycles. The summed E-state index contributed by atoms with van der Waals surface area (Å²) in [6.07, 6.45) is 0. The third kappa shape index (κ3) is 3.33. The van der Waals surface area contributed by atoms with E-state index in [0.29, 0.717) is 0 Å². The van der Waals surface area contributed by atoms with E-state index in [1.165, 1.54) is 4.90 Å². The van der Waals surface area contributed by atoms with Gasteiger partial charge in [-0.15, -0.1) is 17.7 Å². The summed E-state index contributed by atoms with van der Waals surface area (Å²) in [7, 11) is 0. The summed E-state index contributed by atoms with van der Waals surface area (Å²) >= 11 is 5.15. The van der Waals surface area contributed by atoms with Crippen molar-refractivity contribution in [3.05, 3.63) is 22.7 Å². The second-order valence-corrected chi connectivity index (χ2v) is 4.28. The van der Waals surface area contributed by atoms with Gasteiger partial charge in [0.2, 0.25) is 0 Å². The topological polar surface area (TPSA) is 26.0 Å². The molecule has 0 unspecified atom stereocenters. The van der Waals surface area contributed by atoms with Crippen molar-refractivity contribution < 1.29 is 0 Å². The zero-order valence-corrected chi connectivity index (χ0v) is 9.71. The average Bonchev–Trinajstić information content (AvgIpc) is 2.09. The molecule has 1 nitrogen and oxygen atoms in total. The molecule has 2 N–H and O–H groups in total. The van der Waals surface area contributed by atoms with Gasteiger partial charge in [0.1, 0.15) is 0 Å². The number of thioether (sulfide) groups is 1. The van der Waals surface area contributed by atoms with Gasteiger partial charge < -0.3 is 5.73 Å². The molecule has 13 heavy (non-hydrogen) atoms. The Morgan fingerprint density at radius 3 is 2.92 bits per heavy atom. The number of anilines is 1. The predicted octanol–water partition coefficient (Wildman–Crippen LogP) is 3.15. The first kappa shape index (κ1) is 10.5. The van der Waals surface area contributed by atoms with E-state index >= 15 is 0 Å². The zero-order chi connectivity index (χ0) is 9.68. The van der Waals surface area contributed by atoms with Crippen LogP contribution in [-0.2, 0) is 0 Å². The van der Waals surface area contributed by atoms with Gasteiger partial charge in [0, 0.05) is 15.1 Å².